The summed E-state index contributed by atoms with van der Waals surface area (Å²) in [6.07, 6.45) is 4.26. The topological polar surface area (TPSA) is 59.4 Å². The second kappa shape index (κ2) is 7.40. The summed E-state index contributed by atoms with van der Waals surface area (Å²) in [4.78, 5) is 18.0. The molecule has 112 valence electrons. The number of ether oxygens (including phenoxy) is 1. The number of aromatic nitrogens is 2. The van der Waals surface area contributed by atoms with Gasteiger partial charge in [-0.1, -0.05) is 0 Å². The monoisotopic (exact) mass is 280 g/mol. The minimum atomic E-state index is 0.207. The van der Waals surface area contributed by atoms with E-state index in [1.807, 2.05) is 17.4 Å². The normalized spacial score (nSPS) is 15.8. The molecule has 1 fully saturated rings. The third kappa shape index (κ3) is 4.05. The number of amides is 1. The van der Waals surface area contributed by atoms with Gasteiger partial charge in [-0.05, 0) is 13.8 Å². The van der Waals surface area contributed by atoms with E-state index in [9.17, 15) is 4.79 Å². The molecule has 1 aliphatic heterocycles. The minimum absolute atomic E-state index is 0.207. The van der Waals surface area contributed by atoms with Crippen LogP contribution in [0.25, 0.3) is 0 Å². The van der Waals surface area contributed by atoms with E-state index in [1.165, 1.54) is 0 Å². The lowest BCUT2D eigenvalue weighted by molar-refractivity contribution is -0.135. The molecule has 0 aliphatic carbocycles. The highest BCUT2D eigenvalue weighted by atomic mass is 16.5. The summed E-state index contributed by atoms with van der Waals surface area (Å²) in [7, 11) is 0. The van der Waals surface area contributed by atoms with Crippen LogP contribution in [0.2, 0.25) is 0 Å². The van der Waals surface area contributed by atoms with Gasteiger partial charge in [0.25, 0.3) is 0 Å². The molecule has 6 nitrogen and oxygen atoms in total. The molecule has 0 saturated carbocycles. The number of carbonyl (C=O) groups is 1. The Balaban J connectivity index is 1.68. The van der Waals surface area contributed by atoms with Crippen molar-refractivity contribution < 1.29 is 9.53 Å². The molecule has 1 saturated heterocycles. The Morgan fingerprint density at radius 2 is 2.20 bits per heavy atom. The maximum atomic E-state index is 11.9. The minimum Gasteiger partial charge on any atom is -0.378 e. The van der Waals surface area contributed by atoms with Crippen molar-refractivity contribution in [3.05, 3.63) is 18.2 Å². The largest absolute Gasteiger partial charge is 0.378 e. The molecule has 20 heavy (non-hydrogen) atoms. The van der Waals surface area contributed by atoms with Crippen molar-refractivity contribution in [1.82, 2.24) is 19.8 Å². The van der Waals surface area contributed by atoms with Gasteiger partial charge >= 0.3 is 0 Å². The Morgan fingerprint density at radius 1 is 1.45 bits per heavy atom. The maximum absolute atomic E-state index is 11.9. The second-order valence-corrected chi connectivity index (χ2v) is 5.31. The van der Waals surface area contributed by atoms with E-state index >= 15 is 0 Å². The standard InChI is InChI=1S/C14H24N4O2/c1-12(2)18-11-16-10-13(18)9-15-4-3-14(19)17-5-7-20-8-6-17/h10-12,15H,3-9H2,1-2H3. The van der Waals surface area contributed by atoms with Crippen molar-refractivity contribution in [3.8, 4) is 0 Å². The fraction of sp³-hybridized carbons (Fsp3) is 0.714. The summed E-state index contributed by atoms with van der Waals surface area (Å²) in [5.74, 6) is 0.207. The molecule has 1 N–H and O–H groups in total. The Hall–Kier alpha value is -1.40. The number of morpholine rings is 1. The van der Waals surface area contributed by atoms with Crippen molar-refractivity contribution in [2.24, 2.45) is 0 Å². The van der Waals surface area contributed by atoms with Gasteiger partial charge < -0.3 is 19.5 Å². The number of hydrogen-bond donors (Lipinski definition) is 1. The molecule has 6 heteroatoms. The van der Waals surface area contributed by atoms with Crippen LogP contribution in [0.1, 0.15) is 32.0 Å². The fourth-order valence-corrected chi connectivity index (χ4v) is 2.32. The average molecular weight is 280 g/mol. The van der Waals surface area contributed by atoms with Crippen LogP contribution in [0.15, 0.2) is 12.5 Å². The molecule has 0 unspecified atom stereocenters. The van der Waals surface area contributed by atoms with E-state index in [0.29, 0.717) is 32.2 Å². The Labute approximate surface area is 120 Å². The molecule has 0 radical (unpaired) electrons. The lowest BCUT2D eigenvalue weighted by Crippen LogP contribution is -2.41. The van der Waals surface area contributed by atoms with Gasteiger partial charge in [0, 0.05) is 44.8 Å². The van der Waals surface area contributed by atoms with Crippen molar-refractivity contribution in [2.75, 3.05) is 32.8 Å². The van der Waals surface area contributed by atoms with Crippen molar-refractivity contribution in [2.45, 2.75) is 32.9 Å². The Morgan fingerprint density at radius 3 is 2.90 bits per heavy atom. The molecule has 1 aromatic heterocycles. The third-order valence-corrected chi connectivity index (χ3v) is 3.49. The number of carbonyl (C=O) groups excluding carboxylic acids is 1. The molecule has 0 bridgehead atoms. The fourth-order valence-electron chi connectivity index (χ4n) is 2.32. The van der Waals surface area contributed by atoms with Gasteiger partial charge in [0.2, 0.25) is 5.91 Å². The third-order valence-electron chi connectivity index (χ3n) is 3.49. The highest BCUT2D eigenvalue weighted by Crippen LogP contribution is 2.08. The Bertz CT molecular complexity index is 425. The van der Waals surface area contributed by atoms with E-state index in [-0.39, 0.29) is 5.91 Å². The smallest absolute Gasteiger partial charge is 0.224 e. The van der Waals surface area contributed by atoms with Crippen LogP contribution in [-0.2, 0) is 16.1 Å². The van der Waals surface area contributed by atoms with Gasteiger partial charge in [-0.15, -0.1) is 0 Å². The zero-order valence-electron chi connectivity index (χ0n) is 12.3. The number of hydrogen-bond acceptors (Lipinski definition) is 4. The zero-order valence-corrected chi connectivity index (χ0v) is 12.3. The summed E-state index contributed by atoms with van der Waals surface area (Å²) in [6.45, 7) is 8.46. The molecule has 0 aromatic carbocycles. The van der Waals surface area contributed by atoms with E-state index in [1.54, 1.807) is 0 Å². The van der Waals surface area contributed by atoms with Gasteiger partial charge in [0.15, 0.2) is 0 Å². The highest BCUT2D eigenvalue weighted by molar-refractivity contribution is 5.76. The van der Waals surface area contributed by atoms with Crippen LogP contribution in [0.3, 0.4) is 0 Å². The first-order chi connectivity index (χ1) is 9.68. The number of nitrogens with zero attached hydrogens (tertiary/aromatic N) is 3. The molecule has 1 aliphatic rings. The van der Waals surface area contributed by atoms with Crippen LogP contribution < -0.4 is 5.32 Å². The molecular formula is C14H24N4O2. The Kier molecular flexibility index (Phi) is 5.55. The quantitative estimate of drug-likeness (QED) is 0.783. The van der Waals surface area contributed by atoms with Gasteiger partial charge in [-0.2, -0.15) is 0 Å². The predicted molar refractivity (Wildman–Crippen MR) is 76.3 cm³/mol. The summed E-state index contributed by atoms with van der Waals surface area (Å²) in [5, 5.41) is 3.31. The van der Waals surface area contributed by atoms with E-state index in [0.717, 1.165) is 25.3 Å². The lowest BCUT2D eigenvalue weighted by atomic mass is 10.3. The first kappa shape index (κ1) is 15.0. The number of imidazole rings is 1. The zero-order chi connectivity index (χ0) is 14.4. The number of nitrogens with one attached hydrogen (secondary N) is 1. The van der Waals surface area contributed by atoms with Gasteiger partial charge in [-0.3, -0.25) is 4.79 Å². The van der Waals surface area contributed by atoms with E-state index < -0.39 is 0 Å². The predicted octanol–water partition coefficient (Wildman–Crippen LogP) is 0.802. The van der Waals surface area contributed by atoms with Gasteiger partial charge in [-0.25, -0.2) is 4.98 Å². The van der Waals surface area contributed by atoms with Crippen LogP contribution in [0.5, 0.6) is 0 Å². The second-order valence-electron chi connectivity index (χ2n) is 5.31. The van der Waals surface area contributed by atoms with Crippen LogP contribution in [-0.4, -0.2) is 53.2 Å². The van der Waals surface area contributed by atoms with E-state index in [4.69, 9.17) is 4.74 Å². The SMILES string of the molecule is CC(C)n1cncc1CNCCC(=O)N1CCOCC1. The van der Waals surface area contributed by atoms with Gasteiger partial charge in [0.05, 0.1) is 25.2 Å². The van der Waals surface area contributed by atoms with Crippen LogP contribution in [0, 0.1) is 0 Å². The summed E-state index contributed by atoms with van der Waals surface area (Å²) in [5.41, 5.74) is 1.15. The summed E-state index contributed by atoms with van der Waals surface area (Å²) >= 11 is 0. The number of rotatable bonds is 6. The van der Waals surface area contributed by atoms with Crippen molar-refractivity contribution in [1.29, 1.82) is 0 Å². The highest BCUT2D eigenvalue weighted by Gasteiger charge is 2.16. The van der Waals surface area contributed by atoms with E-state index in [2.05, 4.69) is 28.7 Å². The van der Waals surface area contributed by atoms with Crippen molar-refractivity contribution >= 4 is 5.91 Å². The van der Waals surface area contributed by atoms with Crippen molar-refractivity contribution in [3.63, 3.8) is 0 Å². The summed E-state index contributed by atoms with van der Waals surface area (Å²) < 4.78 is 7.38. The first-order valence-electron chi connectivity index (χ1n) is 7.25. The molecular weight excluding hydrogens is 256 g/mol. The summed E-state index contributed by atoms with van der Waals surface area (Å²) in [6, 6.07) is 0.407. The van der Waals surface area contributed by atoms with Gasteiger partial charge in [0.1, 0.15) is 0 Å². The molecule has 0 atom stereocenters. The average Bonchev–Trinajstić information content (AvgIpc) is 2.93. The van der Waals surface area contributed by atoms with Crippen LogP contribution >= 0.6 is 0 Å². The molecule has 1 amide bonds. The lowest BCUT2D eigenvalue weighted by Gasteiger charge is -2.26. The molecule has 0 spiro atoms. The molecule has 1 aromatic rings. The maximum Gasteiger partial charge on any atom is 0.224 e. The molecule has 2 heterocycles. The molecule has 2 rings (SSSR count). The first-order valence-corrected chi connectivity index (χ1v) is 7.25. The van der Waals surface area contributed by atoms with Crippen LogP contribution in [0.4, 0.5) is 0 Å².